The zero-order chi connectivity index (χ0) is 13.2. The number of rotatable bonds is 4. The van der Waals surface area contributed by atoms with Gasteiger partial charge in [-0.25, -0.2) is 0 Å². The molecule has 5 atom stereocenters. The third kappa shape index (κ3) is 3.39. The van der Waals surface area contributed by atoms with Crippen LogP contribution in [-0.4, -0.2) is 42.3 Å². The summed E-state index contributed by atoms with van der Waals surface area (Å²) in [6, 6.07) is -0.521. The molecular formula is C12H26N2O3. The van der Waals surface area contributed by atoms with Crippen molar-refractivity contribution in [1.82, 2.24) is 0 Å². The molecule has 0 aliphatic carbocycles. The molecule has 2 unspecified atom stereocenters. The van der Waals surface area contributed by atoms with Gasteiger partial charge in [-0.2, -0.15) is 0 Å². The largest absolute Gasteiger partial charge is 0.391 e. The number of ether oxygens (including phenoxy) is 2. The van der Waals surface area contributed by atoms with Gasteiger partial charge in [0.25, 0.3) is 0 Å². The average molecular weight is 246 g/mol. The SMILES string of the molecule is CC(C)O[C@@H]1OC(CN)[C@H](C(C)C)C(O)[C@H]1N. The minimum absolute atomic E-state index is 0.00674. The zero-order valence-electron chi connectivity index (χ0n) is 11.2. The van der Waals surface area contributed by atoms with Crippen molar-refractivity contribution in [3.63, 3.8) is 0 Å². The van der Waals surface area contributed by atoms with Crippen molar-refractivity contribution in [2.45, 2.75) is 58.3 Å². The first-order valence-corrected chi connectivity index (χ1v) is 6.33. The van der Waals surface area contributed by atoms with Gasteiger partial charge < -0.3 is 26.0 Å². The van der Waals surface area contributed by atoms with E-state index in [9.17, 15) is 5.11 Å². The van der Waals surface area contributed by atoms with Gasteiger partial charge in [0.15, 0.2) is 6.29 Å². The summed E-state index contributed by atoms with van der Waals surface area (Å²) in [7, 11) is 0. The van der Waals surface area contributed by atoms with Crippen molar-refractivity contribution in [3.05, 3.63) is 0 Å². The number of aliphatic hydroxyl groups is 1. The minimum atomic E-state index is -0.638. The number of aliphatic hydroxyl groups excluding tert-OH is 1. The lowest BCUT2D eigenvalue weighted by Gasteiger charge is -2.45. The molecule has 17 heavy (non-hydrogen) atoms. The van der Waals surface area contributed by atoms with E-state index in [4.69, 9.17) is 20.9 Å². The molecule has 1 heterocycles. The molecule has 0 aromatic carbocycles. The van der Waals surface area contributed by atoms with Crippen LogP contribution in [0.2, 0.25) is 0 Å². The Bertz CT molecular complexity index is 232. The lowest BCUT2D eigenvalue weighted by Crippen LogP contribution is -2.62. The van der Waals surface area contributed by atoms with Gasteiger partial charge >= 0.3 is 0 Å². The number of hydrogen-bond donors (Lipinski definition) is 3. The molecule has 0 amide bonds. The van der Waals surface area contributed by atoms with Crippen molar-refractivity contribution in [2.75, 3.05) is 6.54 Å². The quantitative estimate of drug-likeness (QED) is 0.652. The van der Waals surface area contributed by atoms with E-state index in [0.29, 0.717) is 6.54 Å². The minimum Gasteiger partial charge on any atom is -0.391 e. The maximum absolute atomic E-state index is 10.3. The summed E-state index contributed by atoms with van der Waals surface area (Å²) in [6.45, 7) is 8.26. The van der Waals surface area contributed by atoms with Crippen LogP contribution in [-0.2, 0) is 9.47 Å². The van der Waals surface area contributed by atoms with Gasteiger partial charge in [-0.15, -0.1) is 0 Å². The van der Waals surface area contributed by atoms with Crippen molar-refractivity contribution < 1.29 is 14.6 Å². The van der Waals surface area contributed by atoms with Crippen LogP contribution in [0.4, 0.5) is 0 Å². The van der Waals surface area contributed by atoms with E-state index in [1.165, 1.54) is 0 Å². The van der Waals surface area contributed by atoms with Crippen molar-refractivity contribution in [2.24, 2.45) is 23.3 Å². The molecule has 0 aromatic heterocycles. The normalized spacial score (nSPS) is 39.0. The maximum atomic E-state index is 10.3. The third-order valence-electron chi connectivity index (χ3n) is 3.25. The van der Waals surface area contributed by atoms with Crippen LogP contribution in [0.15, 0.2) is 0 Å². The standard InChI is InChI=1S/C12H26N2O3/c1-6(2)9-8(5-13)17-12(16-7(3)4)10(14)11(9)15/h6-12,15H,5,13-14H2,1-4H3/t8?,9-,10+,11?,12+/m0/s1. The Hall–Kier alpha value is -0.200. The fraction of sp³-hybridized carbons (Fsp3) is 1.00. The van der Waals surface area contributed by atoms with Gasteiger partial charge in [0.2, 0.25) is 0 Å². The molecule has 5 N–H and O–H groups in total. The molecular weight excluding hydrogens is 220 g/mol. The first-order chi connectivity index (χ1) is 7.88. The van der Waals surface area contributed by atoms with Gasteiger partial charge in [0.1, 0.15) is 0 Å². The lowest BCUT2D eigenvalue weighted by atomic mass is 9.80. The lowest BCUT2D eigenvalue weighted by molar-refractivity contribution is -0.259. The molecule has 0 bridgehead atoms. The van der Waals surface area contributed by atoms with Crippen LogP contribution in [0.5, 0.6) is 0 Å². The second-order valence-corrected chi connectivity index (χ2v) is 5.35. The van der Waals surface area contributed by atoms with E-state index >= 15 is 0 Å². The molecule has 1 saturated heterocycles. The van der Waals surface area contributed by atoms with Gasteiger partial charge in [-0.05, 0) is 19.8 Å². The molecule has 0 saturated carbocycles. The fourth-order valence-corrected chi connectivity index (χ4v) is 2.42. The van der Waals surface area contributed by atoms with E-state index in [1.54, 1.807) is 0 Å². The predicted octanol–water partition coefficient (Wildman–Crippen LogP) is 0.0554. The number of hydrogen-bond acceptors (Lipinski definition) is 5. The predicted molar refractivity (Wildman–Crippen MR) is 66.2 cm³/mol. The Morgan fingerprint density at radius 2 is 1.88 bits per heavy atom. The average Bonchev–Trinajstić information content (AvgIpc) is 2.23. The van der Waals surface area contributed by atoms with E-state index in [-0.39, 0.29) is 24.0 Å². The molecule has 0 radical (unpaired) electrons. The Balaban J connectivity index is 2.78. The second-order valence-electron chi connectivity index (χ2n) is 5.35. The Kier molecular flexibility index (Phi) is 5.34. The van der Waals surface area contributed by atoms with E-state index in [2.05, 4.69) is 0 Å². The molecule has 0 aromatic rings. The fourth-order valence-electron chi connectivity index (χ4n) is 2.42. The van der Waals surface area contributed by atoms with Gasteiger partial charge in [0, 0.05) is 12.5 Å². The Morgan fingerprint density at radius 3 is 2.29 bits per heavy atom. The van der Waals surface area contributed by atoms with Gasteiger partial charge in [0.05, 0.1) is 24.4 Å². The Labute approximate surface area is 103 Å². The first-order valence-electron chi connectivity index (χ1n) is 6.33. The van der Waals surface area contributed by atoms with Gasteiger partial charge in [-0.3, -0.25) is 0 Å². The summed E-state index contributed by atoms with van der Waals surface area (Å²) < 4.78 is 11.3. The van der Waals surface area contributed by atoms with Crippen LogP contribution in [0, 0.1) is 11.8 Å². The zero-order valence-corrected chi connectivity index (χ0v) is 11.2. The van der Waals surface area contributed by atoms with E-state index < -0.39 is 18.4 Å². The summed E-state index contributed by atoms with van der Waals surface area (Å²) in [4.78, 5) is 0. The van der Waals surface area contributed by atoms with Gasteiger partial charge in [-0.1, -0.05) is 13.8 Å². The first kappa shape index (κ1) is 14.9. The highest BCUT2D eigenvalue weighted by atomic mass is 16.7. The highest BCUT2D eigenvalue weighted by molar-refractivity contribution is 4.93. The monoisotopic (exact) mass is 246 g/mol. The molecule has 1 aliphatic rings. The summed E-state index contributed by atoms with van der Waals surface area (Å²) in [5.74, 6) is 0.228. The molecule has 1 fully saturated rings. The van der Waals surface area contributed by atoms with Crippen LogP contribution >= 0.6 is 0 Å². The van der Waals surface area contributed by atoms with Crippen molar-refractivity contribution in [1.29, 1.82) is 0 Å². The van der Waals surface area contributed by atoms with Crippen LogP contribution in [0.3, 0.4) is 0 Å². The number of nitrogens with two attached hydrogens (primary N) is 2. The molecule has 1 rings (SSSR count). The maximum Gasteiger partial charge on any atom is 0.175 e. The summed E-state index contributed by atoms with van der Waals surface area (Å²) in [6.07, 6.45) is -1.41. The smallest absolute Gasteiger partial charge is 0.175 e. The van der Waals surface area contributed by atoms with Crippen molar-refractivity contribution in [3.8, 4) is 0 Å². The third-order valence-corrected chi connectivity index (χ3v) is 3.25. The molecule has 1 aliphatic heterocycles. The molecule has 5 nitrogen and oxygen atoms in total. The molecule has 5 heteroatoms. The topological polar surface area (TPSA) is 90.7 Å². The highest BCUT2D eigenvalue weighted by Crippen LogP contribution is 2.31. The van der Waals surface area contributed by atoms with Crippen LogP contribution < -0.4 is 11.5 Å². The Morgan fingerprint density at radius 1 is 1.29 bits per heavy atom. The molecule has 102 valence electrons. The summed E-state index contributed by atoms with van der Waals surface area (Å²) in [5.41, 5.74) is 11.7. The summed E-state index contributed by atoms with van der Waals surface area (Å²) in [5, 5.41) is 10.3. The van der Waals surface area contributed by atoms with Crippen molar-refractivity contribution >= 4 is 0 Å². The van der Waals surface area contributed by atoms with E-state index in [0.717, 1.165) is 0 Å². The molecule has 0 spiro atoms. The van der Waals surface area contributed by atoms with Crippen LogP contribution in [0.25, 0.3) is 0 Å². The highest BCUT2D eigenvalue weighted by Gasteiger charge is 2.44. The van der Waals surface area contributed by atoms with E-state index in [1.807, 2.05) is 27.7 Å². The van der Waals surface area contributed by atoms with Crippen LogP contribution in [0.1, 0.15) is 27.7 Å². The summed E-state index contributed by atoms with van der Waals surface area (Å²) >= 11 is 0. The second kappa shape index (κ2) is 6.11.